The van der Waals surface area contributed by atoms with Crippen LogP contribution in [0.3, 0.4) is 0 Å². The molecule has 0 spiro atoms. The van der Waals surface area contributed by atoms with Gasteiger partial charge in [-0.15, -0.1) is 23.4 Å². The van der Waals surface area contributed by atoms with Gasteiger partial charge in [0.25, 0.3) is 0 Å². The van der Waals surface area contributed by atoms with Gasteiger partial charge in [-0.2, -0.15) is 0 Å². The Morgan fingerprint density at radius 1 is 1.28 bits per heavy atom. The predicted octanol–water partition coefficient (Wildman–Crippen LogP) is 4.20. The minimum absolute atomic E-state index is 0.0864. The smallest absolute Gasteiger partial charge is 0.239 e. The molecular formula is C19H19ClN2O2S. The number of carbonyl (C=O) groups is 2. The Kier molecular flexibility index (Phi) is 5.66. The van der Waals surface area contributed by atoms with Crippen molar-refractivity contribution in [2.45, 2.75) is 18.7 Å². The Labute approximate surface area is 156 Å². The van der Waals surface area contributed by atoms with Gasteiger partial charge in [0.2, 0.25) is 11.8 Å². The van der Waals surface area contributed by atoms with Crippen LogP contribution in [0.25, 0.3) is 0 Å². The number of rotatable bonds is 5. The molecule has 0 aromatic heterocycles. The van der Waals surface area contributed by atoms with Crippen molar-refractivity contribution >= 4 is 46.6 Å². The van der Waals surface area contributed by atoms with E-state index in [-0.39, 0.29) is 23.1 Å². The Bertz CT molecular complexity index is 796. The van der Waals surface area contributed by atoms with Crippen molar-refractivity contribution in [3.63, 3.8) is 0 Å². The summed E-state index contributed by atoms with van der Waals surface area (Å²) in [5.74, 6) is 0.214. The van der Waals surface area contributed by atoms with Gasteiger partial charge < -0.3 is 5.32 Å². The number of para-hydroxylation sites is 1. The van der Waals surface area contributed by atoms with Crippen LogP contribution in [-0.2, 0) is 16.0 Å². The first kappa shape index (κ1) is 17.8. The Hall–Kier alpha value is -1.98. The van der Waals surface area contributed by atoms with Crippen LogP contribution in [0.15, 0.2) is 48.5 Å². The maximum Gasteiger partial charge on any atom is 0.239 e. The fraction of sp³-hybridized carbons (Fsp3) is 0.263. The van der Waals surface area contributed by atoms with Crippen molar-refractivity contribution in [3.05, 3.63) is 59.7 Å². The average Bonchev–Trinajstić information content (AvgIpc) is 3.03. The van der Waals surface area contributed by atoms with E-state index in [1.54, 1.807) is 11.8 Å². The molecule has 1 saturated heterocycles. The number of amides is 2. The molecule has 0 aliphatic carbocycles. The standard InChI is InChI=1S/C19H19ClN2O2S/c1-2-13-6-3-4-9-16(13)22-18(24)12-25-19(22)14-7-5-8-15(10-14)21-17(23)11-20/h3-10,19H,2,11-12H2,1H3,(H,21,23). The zero-order valence-corrected chi connectivity index (χ0v) is 15.4. The molecule has 2 aromatic carbocycles. The summed E-state index contributed by atoms with van der Waals surface area (Å²) in [5.41, 5.74) is 3.77. The summed E-state index contributed by atoms with van der Waals surface area (Å²) in [7, 11) is 0. The zero-order chi connectivity index (χ0) is 17.8. The zero-order valence-electron chi connectivity index (χ0n) is 13.9. The van der Waals surface area contributed by atoms with Gasteiger partial charge in [0.15, 0.2) is 0 Å². The summed E-state index contributed by atoms with van der Waals surface area (Å²) >= 11 is 7.15. The Morgan fingerprint density at radius 3 is 2.84 bits per heavy atom. The van der Waals surface area contributed by atoms with E-state index < -0.39 is 0 Å². The fourth-order valence-corrected chi connectivity index (χ4v) is 4.17. The van der Waals surface area contributed by atoms with Crippen molar-refractivity contribution in [1.29, 1.82) is 0 Å². The van der Waals surface area contributed by atoms with Crippen molar-refractivity contribution < 1.29 is 9.59 Å². The van der Waals surface area contributed by atoms with Crippen molar-refractivity contribution in [3.8, 4) is 0 Å². The quantitative estimate of drug-likeness (QED) is 0.798. The van der Waals surface area contributed by atoms with Gasteiger partial charge >= 0.3 is 0 Å². The van der Waals surface area contributed by atoms with Crippen LogP contribution >= 0.6 is 23.4 Å². The molecule has 130 valence electrons. The summed E-state index contributed by atoms with van der Waals surface area (Å²) in [6.45, 7) is 2.09. The number of anilines is 2. The number of aryl methyl sites for hydroxylation is 1. The van der Waals surface area contributed by atoms with Crippen molar-refractivity contribution in [2.24, 2.45) is 0 Å². The molecule has 6 heteroatoms. The predicted molar refractivity (Wildman–Crippen MR) is 104 cm³/mol. The minimum Gasteiger partial charge on any atom is -0.325 e. The van der Waals surface area contributed by atoms with Gasteiger partial charge in [-0.25, -0.2) is 0 Å². The Balaban J connectivity index is 1.94. The normalized spacial score (nSPS) is 17.0. The van der Waals surface area contributed by atoms with Crippen LogP contribution in [0.2, 0.25) is 0 Å². The van der Waals surface area contributed by atoms with E-state index in [1.165, 1.54) is 0 Å². The van der Waals surface area contributed by atoms with Gasteiger partial charge in [-0.05, 0) is 35.7 Å². The lowest BCUT2D eigenvalue weighted by Crippen LogP contribution is -2.28. The third-order valence-corrected chi connectivity index (χ3v) is 5.53. The first-order valence-corrected chi connectivity index (χ1v) is 9.69. The van der Waals surface area contributed by atoms with E-state index in [2.05, 4.69) is 18.3 Å². The molecule has 4 nitrogen and oxygen atoms in total. The number of thioether (sulfide) groups is 1. The largest absolute Gasteiger partial charge is 0.325 e. The van der Waals surface area contributed by atoms with E-state index in [4.69, 9.17) is 11.6 Å². The number of alkyl halides is 1. The molecule has 1 atom stereocenters. The lowest BCUT2D eigenvalue weighted by molar-refractivity contribution is -0.116. The second kappa shape index (κ2) is 7.93. The monoisotopic (exact) mass is 374 g/mol. The number of halogens is 1. The first-order chi connectivity index (χ1) is 12.1. The summed E-state index contributed by atoms with van der Waals surface area (Å²) < 4.78 is 0. The van der Waals surface area contributed by atoms with E-state index >= 15 is 0 Å². The summed E-state index contributed by atoms with van der Waals surface area (Å²) in [5, 5.41) is 2.66. The molecule has 0 bridgehead atoms. The molecule has 1 heterocycles. The number of nitrogens with one attached hydrogen (secondary N) is 1. The molecular weight excluding hydrogens is 356 g/mol. The second-order valence-electron chi connectivity index (χ2n) is 5.72. The number of benzene rings is 2. The van der Waals surface area contributed by atoms with Crippen molar-refractivity contribution in [1.82, 2.24) is 0 Å². The Morgan fingerprint density at radius 2 is 2.08 bits per heavy atom. The fourth-order valence-electron chi connectivity index (χ4n) is 2.94. The summed E-state index contributed by atoms with van der Waals surface area (Å²) in [6, 6.07) is 15.6. The van der Waals surface area contributed by atoms with Gasteiger partial charge in [-0.1, -0.05) is 37.3 Å². The number of hydrogen-bond donors (Lipinski definition) is 1. The third kappa shape index (κ3) is 3.83. The van der Waals surface area contributed by atoms with Crippen LogP contribution in [0.5, 0.6) is 0 Å². The maximum atomic E-state index is 12.6. The van der Waals surface area contributed by atoms with Gasteiger partial charge in [0, 0.05) is 11.4 Å². The van der Waals surface area contributed by atoms with Gasteiger partial charge in [0.05, 0.1) is 5.75 Å². The average molecular weight is 375 g/mol. The first-order valence-electron chi connectivity index (χ1n) is 8.11. The molecule has 0 saturated carbocycles. The summed E-state index contributed by atoms with van der Waals surface area (Å²) in [6.07, 6.45) is 0.864. The van der Waals surface area contributed by atoms with Gasteiger partial charge in [0.1, 0.15) is 11.3 Å². The van der Waals surface area contributed by atoms with E-state index in [1.807, 2.05) is 47.4 Å². The summed E-state index contributed by atoms with van der Waals surface area (Å²) in [4.78, 5) is 25.9. The molecule has 1 aliphatic rings. The lowest BCUT2D eigenvalue weighted by atomic mass is 10.1. The van der Waals surface area contributed by atoms with Crippen LogP contribution in [0.4, 0.5) is 11.4 Å². The molecule has 3 rings (SSSR count). The number of nitrogens with zero attached hydrogens (tertiary/aromatic N) is 1. The topological polar surface area (TPSA) is 49.4 Å². The minimum atomic E-state index is -0.248. The van der Waals surface area contributed by atoms with Crippen LogP contribution in [0, 0.1) is 0 Å². The van der Waals surface area contributed by atoms with Crippen molar-refractivity contribution in [2.75, 3.05) is 21.8 Å². The molecule has 1 unspecified atom stereocenters. The highest BCUT2D eigenvalue weighted by Gasteiger charge is 2.35. The maximum absolute atomic E-state index is 12.6. The third-order valence-electron chi connectivity index (χ3n) is 4.08. The highest BCUT2D eigenvalue weighted by atomic mass is 35.5. The molecule has 25 heavy (non-hydrogen) atoms. The molecule has 0 radical (unpaired) electrons. The molecule has 2 amide bonds. The highest BCUT2D eigenvalue weighted by Crippen LogP contribution is 2.43. The lowest BCUT2D eigenvalue weighted by Gasteiger charge is -2.26. The second-order valence-corrected chi connectivity index (χ2v) is 7.05. The van der Waals surface area contributed by atoms with E-state index in [0.29, 0.717) is 11.4 Å². The van der Waals surface area contributed by atoms with Crippen LogP contribution in [0.1, 0.15) is 23.4 Å². The van der Waals surface area contributed by atoms with Gasteiger partial charge in [-0.3, -0.25) is 14.5 Å². The van der Waals surface area contributed by atoms with Crippen LogP contribution < -0.4 is 10.2 Å². The van der Waals surface area contributed by atoms with Crippen LogP contribution in [-0.4, -0.2) is 23.4 Å². The van der Waals surface area contributed by atoms with E-state index in [0.717, 1.165) is 23.2 Å². The molecule has 1 fully saturated rings. The molecule has 2 aromatic rings. The number of carbonyl (C=O) groups excluding carboxylic acids is 2. The number of hydrogen-bond acceptors (Lipinski definition) is 3. The SMILES string of the molecule is CCc1ccccc1N1C(=O)CSC1c1cccc(NC(=O)CCl)c1. The molecule has 1 aliphatic heterocycles. The highest BCUT2D eigenvalue weighted by molar-refractivity contribution is 8.00. The van der Waals surface area contributed by atoms with E-state index in [9.17, 15) is 9.59 Å². The molecule has 1 N–H and O–H groups in total.